The highest BCUT2D eigenvalue weighted by Crippen LogP contribution is 1.83. The van der Waals surface area contributed by atoms with Crippen molar-refractivity contribution in [3.05, 3.63) is 18.2 Å². The van der Waals surface area contributed by atoms with Gasteiger partial charge in [-0.25, -0.2) is 9.97 Å². The van der Waals surface area contributed by atoms with Crippen molar-refractivity contribution in [3.8, 4) is 0 Å². The van der Waals surface area contributed by atoms with Crippen molar-refractivity contribution in [2.45, 2.75) is 6.32 Å². The zero-order valence-corrected chi connectivity index (χ0v) is 6.23. The zero-order valence-electron chi connectivity index (χ0n) is 6.23. The molecule has 0 spiro atoms. The third kappa shape index (κ3) is 2.03. The predicted molar refractivity (Wildman–Crippen MR) is 44.1 cm³/mol. The summed E-state index contributed by atoms with van der Waals surface area (Å²) in [5, 5.41) is 17.3. The Morgan fingerprint density at radius 1 is 1.36 bits per heavy atom. The smallest absolute Gasteiger partial charge is 0.423 e. The van der Waals surface area contributed by atoms with Gasteiger partial charge in [0.15, 0.2) is 0 Å². The number of aromatic nitrogens is 2. The van der Waals surface area contributed by atoms with Crippen LogP contribution in [-0.4, -0.2) is 35.0 Å². The molecule has 0 aliphatic carbocycles. The molecule has 1 rings (SSSR count). The molecule has 0 aromatic carbocycles. The average Bonchev–Trinajstić information content (AvgIpc) is 2.05. The summed E-state index contributed by atoms with van der Waals surface area (Å²) in [6, 6.07) is 0. The van der Waals surface area contributed by atoms with Gasteiger partial charge in [-0.15, -0.1) is 0 Å². The first-order valence-electron chi connectivity index (χ1n) is 3.41. The van der Waals surface area contributed by atoms with Gasteiger partial charge in [0.1, 0.15) is 13.7 Å². The second-order valence-electron chi connectivity index (χ2n) is 2.16. The summed E-state index contributed by atoms with van der Waals surface area (Å²) in [7, 11) is 0.464. The van der Waals surface area contributed by atoms with Crippen molar-refractivity contribution >= 4 is 20.4 Å². The Bertz CT molecular complexity index is 226. The van der Waals surface area contributed by atoms with E-state index < -0.39 is 7.12 Å². The maximum atomic E-state index is 8.66. The molecule has 0 unspecified atom stereocenters. The van der Waals surface area contributed by atoms with E-state index in [9.17, 15) is 0 Å². The van der Waals surface area contributed by atoms with Crippen LogP contribution in [0.25, 0.3) is 0 Å². The lowest BCUT2D eigenvalue weighted by atomic mass is 9.83. The van der Waals surface area contributed by atoms with Crippen molar-refractivity contribution in [1.82, 2.24) is 9.97 Å². The van der Waals surface area contributed by atoms with E-state index in [1.54, 1.807) is 0 Å². The zero-order chi connectivity index (χ0) is 8.27. The van der Waals surface area contributed by atoms with E-state index in [1.807, 2.05) is 7.85 Å². The fourth-order valence-corrected chi connectivity index (χ4v) is 0.681. The Balaban J connectivity index is 2.83. The minimum absolute atomic E-state index is 0.321. The van der Waals surface area contributed by atoms with Crippen LogP contribution in [0.15, 0.2) is 12.4 Å². The van der Waals surface area contributed by atoms with Crippen LogP contribution < -0.4 is 5.46 Å². The van der Waals surface area contributed by atoms with Gasteiger partial charge in [0.2, 0.25) is 0 Å². The van der Waals surface area contributed by atoms with Gasteiger partial charge in [-0.05, 0) is 6.32 Å². The Hall–Kier alpha value is -0.870. The molecule has 0 saturated carbocycles. The van der Waals surface area contributed by atoms with E-state index >= 15 is 0 Å². The van der Waals surface area contributed by atoms with Gasteiger partial charge < -0.3 is 10.0 Å². The molecule has 0 atom stereocenters. The molecular weight excluding hydrogens is 142 g/mol. The molecule has 0 amide bonds. The molecule has 0 bridgehead atoms. The fourth-order valence-electron chi connectivity index (χ4n) is 0.681. The summed E-state index contributed by atoms with van der Waals surface area (Å²) in [5.74, 6) is 0.703. The number of hydrogen-bond acceptors (Lipinski definition) is 4. The molecule has 6 heteroatoms. The third-order valence-corrected chi connectivity index (χ3v) is 1.34. The van der Waals surface area contributed by atoms with Gasteiger partial charge in [0.05, 0.1) is 0 Å². The first-order valence-corrected chi connectivity index (χ1v) is 3.41. The highest BCUT2D eigenvalue weighted by molar-refractivity contribution is 6.58. The lowest BCUT2D eigenvalue weighted by Gasteiger charge is -1.97. The summed E-state index contributed by atoms with van der Waals surface area (Å²) in [6.07, 6.45) is 3.58. The molecule has 0 saturated heterocycles. The van der Waals surface area contributed by atoms with E-state index in [-0.39, 0.29) is 0 Å². The number of hydrogen-bond donors (Lipinski definition) is 2. The van der Waals surface area contributed by atoms with E-state index in [0.29, 0.717) is 11.3 Å². The molecule has 4 nitrogen and oxygen atoms in total. The second-order valence-corrected chi connectivity index (χ2v) is 2.16. The van der Waals surface area contributed by atoms with E-state index in [4.69, 9.17) is 10.0 Å². The normalized spacial score (nSPS) is 9.64. The molecule has 56 valence electrons. The van der Waals surface area contributed by atoms with Crippen LogP contribution in [-0.2, 0) is 6.32 Å². The molecule has 0 aliphatic rings. The summed E-state index contributed by atoms with van der Waals surface area (Å²) in [6.45, 7) is 0. The van der Waals surface area contributed by atoms with Gasteiger partial charge >= 0.3 is 7.12 Å². The maximum absolute atomic E-state index is 8.66. The minimum atomic E-state index is -1.47. The van der Waals surface area contributed by atoms with Gasteiger partial charge in [-0.2, -0.15) is 0 Å². The predicted octanol–water partition coefficient (Wildman–Crippen LogP) is -2.71. The van der Waals surface area contributed by atoms with Crippen LogP contribution in [0.5, 0.6) is 0 Å². The Morgan fingerprint density at radius 2 is 1.91 bits per heavy atom. The van der Waals surface area contributed by atoms with Gasteiger partial charge in [-0.1, -0.05) is 0 Å². The summed E-state index contributed by atoms with van der Waals surface area (Å²) >= 11 is 0. The highest BCUT2D eigenvalue weighted by atomic mass is 16.4. The number of nitrogens with zero attached hydrogens (tertiary/aromatic N) is 2. The largest absolute Gasteiger partial charge is 0.491 e. The summed E-state index contributed by atoms with van der Waals surface area (Å²) in [5.41, 5.74) is 0.321. The van der Waals surface area contributed by atoms with E-state index in [2.05, 4.69) is 9.97 Å². The monoisotopic (exact) mass is 150 g/mol. The van der Waals surface area contributed by atoms with Crippen molar-refractivity contribution in [1.29, 1.82) is 0 Å². The third-order valence-electron chi connectivity index (χ3n) is 1.34. The number of rotatable bonds is 2. The molecule has 1 heterocycles. The Morgan fingerprint density at radius 3 is 2.27 bits per heavy atom. The summed E-state index contributed by atoms with van der Waals surface area (Å²) < 4.78 is 0. The standard InChI is InChI=1S/C5H8B2N2O2/c6-1-5-8-2-4(3-9-5)7(10)11/h2-3,10-11H,1,6H2. The van der Waals surface area contributed by atoms with Crippen LogP contribution in [0.2, 0.25) is 0 Å². The molecular formula is C5H8B2N2O2. The van der Waals surface area contributed by atoms with Gasteiger partial charge in [0.25, 0.3) is 0 Å². The Kier molecular flexibility index (Phi) is 2.62. The quantitative estimate of drug-likeness (QED) is 0.449. The second kappa shape index (κ2) is 3.50. The molecule has 0 aliphatic heterocycles. The Labute approximate surface area is 65.9 Å². The van der Waals surface area contributed by atoms with Crippen molar-refractivity contribution in [2.24, 2.45) is 0 Å². The molecule has 1 aromatic rings. The average molecular weight is 150 g/mol. The lowest BCUT2D eigenvalue weighted by molar-refractivity contribution is 0.425. The van der Waals surface area contributed by atoms with E-state index in [1.165, 1.54) is 12.4 Å². The van der Waals surface area contributed by atoms with E-state index in [0.717, 1.165) is 6.32 Å². The topological polar surface area (TPSA) is 66.2 Å². The van der Waals surface area contributed by atoms with Crippen molar-refractivity contribution < 1.29 is 10.0 Å². The van der Waals surface area contributed by atoms with Crippen LogP contribution in [0.4, 0.5) is 0 Å². The SMILES string of the molecule is BCc1ncc(B(O)O)cn1. The van der Waals surface area contributed by atoms with Crippen LogP contribution in [0, 0.1) is 0 Å². The molecule has 0 fully saturated rings. The highest BCUT2D eigenvalue weighted by Gasteiger charge is 2.10. The van der Waals surface area contributed by atoms with Gasteiger partial charge in [0, 0.05) is 17.9 Å². The van der Waals surface area contributed by atoms with Crippen molar-refractivity contribution in [2.75, 3.05) is 0 Å². The first-order chi connectivity index (χ1) is 5.24. The van der Waals surface area contributed by atoms with Gasteiger partial charge in [-0.3, -0.25) is 0 Å². The lowest BCUT2D eigenvalue weighted by Crippen LogP contribution is -2.30. The van der Waals surface area contributed by atoms with Crippen LogP contribution >= 0.6 is 0 Å². The maximum Gasteiger partial charge on any atom is 0.491 e. The van der Waals surface area contributed by atoms with Crippen LogP contribution in [0.3, 0.4) is 0 Å². The minimum Gasteiger partial charge on any atom is -0.423 e. The van der Waals surface area contributed by atoms with Crippen molar-refractivity contribution in [3.63, 3.8) is 0 Å². The summed E-state index contributed by atoms with van der Waals surface area (Å²) in [4.78, 5) is 7.77. The molecule has 1 aromatic heterocycles. The first kappa shape index (κ1) is 8.23. The molecule has 0 radical (unpaired) electrons. The fraction of sp³-hybridized carbons (Fsp3) is 0.200. The van der Waals surface area contributed by atoms with Crippen LogP contribution in [0.1, 0.15) is 5.82 Å². The molecule has 11 heavy (non-hydrogen) atoms. The molecule has 2 N–H and O–H groups in total.